The maximum atomic E-state index is 12.8. The highest BCUT2D eigenvalue weighted by molar-refractivity contribution is 7.18. The Labute approximate surface area is 155 Å². The number of fused-ring (bicyclic) bond motifs is 3. The van der Waals surface area contributed by atoms with Gasteiger partial charge in [0, 0.05) is 16.3 Å². The molecule has 0 aromatic carbocycles. The third-order valence-electron chi connectivity index (χ3n) is 5.23. The molecular weight excluding hydrogens is 350 g/mol. The molecule has 0 unspecified atom stereocenters. The van der Waals surface area contributed by atoms with Gasteiger partial charge in [-0.3, -0.25) is 9.69 Å². The highest BCUT2D eigenvalue weighted by Gasteiger charge is 2.24. The molecule has 0 saturated carbocycles. The Balaban J connectivity index is 1.67. The molecule has 4 rings (SSSR count). The molecule has 0 radical (unpaired) electrons. The molecule has 0 amide bonds. The van der Waals surface area contributed by atoms with Crippen LogP contribution in [0.3, 0.4) is 0 Å². The third-order valence-corrected chi connectivity index (χ3v) is 7.24. The van der Waals surface area contributed by atoms with Crippen molar-refractivity contribution in [1.29, 1.82) is 0 Å². The molecule has 4 nitrogen and oxygen atoms in total. The van der Waals surface area contributed by atoms with Crippen LogP contribution in [-0.2, 0) is 19.4 Å². The maximum absolute atomic E-state index is 12.8. The third kappa shape index (κ3) is 3.18. The summed E-state index contributed by atoms with van der Waals surface area (Å²) in [5, 5.41) is 2.93. The standard InChI is InChI=1S/C19H23N3OS2/c1-11-6-7-14-15(9-11)25-19-16(14)18(23)20-17(21-19)12(2)22(3)10-13-5-4-8-24-13/h4-5,8,11-12H,6-7,9-10H2,1-3H3,(H,20,21,23)/t11-,12+/m1/s1. The van der Waals surface area contributed by atoms with Gasteiger partial charge < -0.3 is 4.98 Å². The van der Waals surface area contributed by atoms with E-state index >= 15 is 0 Å². The van der Waals surface area contributed by atoms with Crippen molar-refractivity contribution in [3.05, 3.63) is 49.0 Å². The fraction of sp³-hybridized carbons (Fsp3) is 0.474. The van der Waals surface area contributed by atoms with Crippen LogP contribution in [0.15, 0.2) is 22.3 Å². The van der Waals surface area contributed by atoms with E-state index in [-0.39, 0.29) is 11.6 Å². The van der Waals surface area contributed by atoms with Crippen LogP contribution in [0.5, 0.6) is 0 Å². The first-order valence-corrected chi connectivity index (χ1v) is 10.5. The summed E-state index contributed by atoms with van der Waals surface area (Å²) >= 11 is 3.47. The number of H-pyrrole nitrogens is 1. The Morgan fingerprint density at radius 3 is 3.08 bits per heavy atom. The zero-order valence-electron chi connectivity index (χ0n) is 14.8. The highest BCUT2D eigenvalue weighted by Crippen LogP contribution is 2.36. The van der Waals surface area contributed by atoms with E-state index in [0.29, 0.717) is 5.92 Å². The maximum Gasteiger partial charge on any atom is 0.259 e. The molecule has 0 saturated heterocycles. The summed E-state index contributed by atoms with van der Waals surface area (Å²) in [6, 6.07) is 4.28. The van der Waals surface area contributed by atoms with E-state index in [0.717, 1.165) is 35.4 Å². The van der Waals surface area contributed by atoms with E-state index in [1.165, 1.54) is 21.7 Å². The molecule has 3 aromatic heterocycles. The minimum Gasteiger partial charge on any atom is -0.309 e. The molecule has 2 atom stereocenters. The zero-order valence-corrected chi connectivity index (χ0v) is 16.5. The quantitative estimate of drug-likeness (QED) is 0.739. The van der Waals surface area contributed by atoms with Gasteiger partial charge >= 0.3 is 0 Å². The lowest BCUT2D eigenvalue weighted by Gasteiger charge is -2.23. The number of thiophene rings is 2. The van der Waals surface area contributed by atoms with Crippen LogP contribution in [-0.4, -0.2) is 21.9 Å². The molecule has 0 aliphatic heterocycles. The first-order chi connectivity index (χ1) is 12.0. The number of hydrogen-bond acceptors (Lipinski definition) is 5. The summed E-state index contributed by atoms with van der Waals surface area (Å²) in [7, 11) is 2.08. The van der Waals surface area contributed by atoms with Crippen LogP contribution in [0, 0.1) is 5.92 Å². The van der Waals surface area contributed by atoms with Crippen LogP contribution in [0.1, 0.15) is 47.5 Å². The molecule has 0 spiro atoms. The number of hydrogen-bond donors (Lipinski definition) is 1. The van der Waals surface area contributed by atoms with Gasteiger partial charge in [-0.1, -0.05) is 13.0 Å². The number of aryl methyl sites for hydroxylation is 1. The van der Waals surface area contributed by atoms with Crippen molar-refractivity contribution in [2.45, 2.75) is 45.7 Å². The Bertz CT molecular complexity index is 942. The van der Waals surface area contributed by atoms with Crippen molar-refractivity contribution in [3.63, 3.8) is 0 Å². The largest absolute Gasteiger partial charge is 0.309 e. The Morgan fingerprint density at radius 2 is 2.32 bits per heavy atom. The van der Waals surface area contributed by atoms with Crippen molar-refractivity contribution < 1.29 is 0 Å². The Morgan fingerprint density at radius 1 is 1.48 bits per heavy atom. The highest BCUT2D eigenvalue weighted by atomic mass is 32.1. The summed E-state index contributed by atoms with van der Waals surface area (Å²) in [6.45, 7) is 5.25. The summed E-state index contributed by atoms with van der Waals surface area (Å²) in [6.07, 6.45) is 3.26. The van der Waals surface area contributed by atoms with Crippen LogP contribution in [0.25, 0.3) is 10.2 Å². The fourth-order valence-corrected chi connectivity index (χ4v) is 5.72. The summed E-state index contributed by atoms with van der Waals surface area (Å²) in [5.41, 5.74) is 1.28. The van der Waals surface area contributed by atoms with E-state index in [1.807, 2.05) is 0 Å². The number of aromatic nitrogens is 2. The lowest BCUT2D eigenvalue weighted by atomic mass is 9.89. The van der Waals surface area contributed by atoms with Gasteiger partial charge in [0.05, 0.1) is 11.4 Å². The minimum atomic E-state index is 0.0310. The van der Waals surface area contributed by atoms with Crippen molar-refractivity contribution in [3.8, 4) is 0 Å². The van der Waals surface area contributed by atoms with E-state index in [9.17, 15) is 4.79 Å². The Kier molecular flexibility index (Phi) is 4.52. The van der Waals surface area contributed by atoms with E-state index < -0.39 is 0 Å². The lowest BCUT2D eigenvalue weighted by Crippen LogP contribution is -2.25. The van der Waals surface area contributed by atoms with E-state index in [2.05, 4.69) is 48.3 Å². The number of nitrogens with one attached hydrogen (secondary N) is 1. The second-order valence-corrected chi connectivity index (χ2v) is 9.27. The van der Waals surface area contributed by atoms with Gasteiger partial charge in [-0.25, -0.2) is 4.98 Å². The minimum absolute atomic E-state index is 0.0310. The molecule has 1 N–H and O–H groups in total. The fourth-order valence-electron chi connectivity index (χ4n) is 3.56. The van der Waals surface area contributed by atoms with Crippen molar-refractivity contribution in [1.82, 2.24) is 14.9 Å². The SMILES string of the molecule is C[C@@H]1CCc2c(sc3nc([C@H](C)N(C)Cc4cccs4)[nH]c(=O)c23)C1. The van der Waals surface area contributed by atoms with E-state index in [1.54, 1.807) is 22.7 Å². The van der Waals surface area contributed by atoms with Gasteiger partial charge in [-0.15, -0.1) is 22.7 Å². The predicted octanol–water partition coefficient (Wildman–Crippen LogP) is 4.36. The van der Waals surface area contributed by atoms with Crippen LogP contribution < -0.4 is 5.56 Å². The second-order valence-electron chi connectivity index (χ2n) is 7.15. The Hall–Kier alpha value is -1.50. The van der Waals surface area contributed by atoms with E-state index in [4.69, 9.17) is 4.98 Å². The first kappa shape index (κ1) is 16.9. The van der Waals surface area contributed by atoms with Gasteiger partial charge in [0.2, 0.25) is 0 Å². The monoisotopic (exact) mass is 373 g/mol. The molecule has 0 bridgehead atoms. The van der Waals surface area contributed by atoms with Gasteiger partial charge in [0.15, 0.2) is 0 Å². The summed E-state index contributed by atoms with van der Waals surface area (Å²) in [5.74, 6) is 1.47. The summed E-state index contributed by atoms with van der Waals surface area (Å²) in [4.78, 5) is 26.5. The average Bonchev–Trinajstić information content (AvgIpc) is 3.20. The second kappa shape index (κ2) is 6.67. The number of aromatic amines is 1. The lowest BCUT2D eigenvalue weighted by molar-refractivity contribution is 0.246. The average molecular weight is 374 g/mol. The molecular formula is C19H23N3OS2. The topological polar surface area (TPSA) is 49.0 Å². The van der Waals surface area contributed by atoms with Crippen molar-refractivity contribution in [2.24, 2.45) is 5.92 Å². The molecule has 1 aliphatic rings. The van der Waals surface area contributed by atoms with Gasteiger partial charge in [-0.2, -0.15) is 0 Å². The molecule has 0 fully saturated rings. The normalized spacial score (nSPS) is 18.6. The van der Waals surface area contributed by atoms with Crippen molar-refractivity contribution >= 4 is 32.9 Å². The molecule has 6 heteroatoms. The molecule has 3 aromatic rings. The van der Waals surface area contributed by atoms with Crippen LogP contribution in [0.2, 0.25) is 0 Å². The first-order valence-electron chi connectivity index (χ1n) is 8.80. The smallest absolute Gasteiger partial charge is 0.259 e. The summed E-state index contributed by atoms with van der Waals surface area (Å²) < 4.78 is 0. The number of rotatable bonds is 4. The molecule has 132 valence electrons. The van der Waals surface area contributed by atoms with Crippen LogP contribution >= 0.6 is 22.7 Å². The van der Waals surface area contributed by atoms with Gasteiger partial charge in [0.25, 0.3) is 5.56 Å². The molecule has 3 heterocycles. The zero-order chi connectivity index (χ0) is 17.6. The predicted molar refractivity (Wildman–Crippen MR) is 106 cm³/mol. The van der Waals surface area contributed by atoms with Gasteiger partial charge in [-0.05, 0) is 56.2 Å². The molecule has 25 heavy (non-hydrogen) atoms. The van der Waals surface area contributed by atoms with Gasteiger partial charge in [0.1, 0.15) is 10.7 Å². The van der Waals surface area contributed by atoms with Crippen LogP contribution in [0.4, 0.5) is 0 Å². The molecule has 1 aliphatic carbocycles. The number of nitrogens with zero attached hydrogens (tertiary/aromatic N) is 2. The van der Waals surface area contributed by atoms with Crippen molar-refractivity contribution in [2.75, 3.05) is 7.05 Å².